The number of likely N-dealkylation sites (tertiary alicyclic amines) is 1. The Morgan fingerprint density at radius 3 is 2.71 bits per heavy atom. The number of ether oxygens (including phenoxy) is 2. The van der Waals surface area contributed by atoms with Crippen molar-refractivity contribution in [2.24, 2.45) is 0 Å². The lowest BCUT2D eigenvalue weighted by atomic mass is 10.1. The number of rotatable bonds is 5. The smallest absolute Gasteiger partial charge is 0.360 e. The van der Waals surface area contributed by atoms with Gasteiger partial charge in [0.2, 0.25) is 5.91 Å². The number of hydrogen-bond acceptors (Lipinski definition) is 7. The number of methoxy groups -OCH3 is 1. The quantitative estimate of drug-likeness (QED) is 0.559. The summed E-state index contributed by atoms with van der Waals surface area (Å²) in [5, 5.41) is 6.59. The lowest BCUT2D eigenvalue weighted by Gasteiger charge is -2.30. The molecule has 8 heteroatoms. The largest absolute Gasteiger partial charge is 0.493 e. The Hall–Kier alpha value is -3.52. The van der Waals surface area contributed by atoms with E-state index in [1.54, 1.807) is 19.2 Å². The second-order valence-electron chi connectivity index (χ2n) is 9.07. The van der Waals surface area contributed by atoms with Crippen LogP contribution in [0.2, 0.25) is 0 Å². The van der Waals surface area contributed by atoms with E-state index in [0.717, 1.165) is 37.2 Å². The highest BCUT2D eigenvalue weighted by Crippen LogP contribution is 2.38. The molecule has 1 saturated heterocycles. The summed E-state index contributed by atoms with van der Waals surface area (Å²) in [5.41, 5.74) is 2.64. The molecule has 2 aliphatic rings. The molecule has 1 unspecified atom stereocenters. The van der Waals surface area contributed by atoms with Gasteiger partial charge < -0.3 is 29.4 Å². The van der Waals surface area contributed by atoms with Crippen molar-refractivity contribution >= 4 is 28.3 Å². The third kappa shape index (κ3) is 4.21. The standard InChI is InChI=1S/C26H29N3O5/c1-15-23-17(14-22(32-3)24(15)33-18-8-10-29(2)11-9-18)13-21(26(31)34-23)28-25(30)20-12-16-6-4-5-7-19(16)27-20/h4-7,13-14,18,20,27H,8-12H2,1-3H3,(H,28,30). The van der Waals surface area contributed by atoms with Gasteiger partial charge in [0.15, 0.2) is 11.5 Å². The Kier molecular flexibility index (Phi) is 5.91. The van der Waals surface area contributed by atoms with Crippen LogP contribution in [0.25, 0.3) is 11.0 Å². The molecular formula is C26H29N3O5. The molecule has 2 N–H and O–H groups in total. The molecule has 0 spiro atoms. The van der Waals surface area contributed by atoms with Crippen molar-refractivity contribution in [1.29, 1.82) is 0 Å². The molecule has 0 saturated carbocycles. The van der Waals surface area contributed by atoms with Crippen LogP contribution in [0.1, 0.15) is 24.0 Å². The van der Waals surface area contributed by atoms with Crippen LogP contribution < -0.4 is 25.7 Å². The minimum Gasteiger partial charge on any atom is -0.493 e. The van der Waals surface area contributed by atoms with Gasteiger partial charge in [0.1, 0.15) is 23.4 Å². The van der Waals surface area contributed by atoms with Gasteiger partial charge in [-0.3, -0.25) is 4.79 Å². The van der Waals surface area contributed by atoms with E-state index in [1.807, 2.05) is 31.2 Å². The maximum absolute atomic E-state index is 12.9. The first-order valence-corrected chi connectivity index (χ1v) is 11.6. The van der Waals surface area contributed by atoms with Gasteiger partial charge in [-0.2, -0.15) is 0 Å². The van der Waals surface area contributed by atoms with E-state index >= 15 is 0 Å². The van der Waals surface area contributed by atoms with Crippen molar-refractivity contribution in [3.63, 3.8) is 0 Å². The Bertz CT molecular complexity index is 1270. The van der Waals surface area contributed by atoms with Gasteiger partial charge in [-0.15, -0.1) is 0 Å². The number of carbonyl (C=O) groups is 1. The van der Waals surface area contributed by atoms with Crippen LogP contribution in [0.3, 0.4) is 0 Å². The lowest BCUT2D eigenvalue weighted by Crippen LogP contribution is -2.35. The van der Waals surface area contributed by atoms with Crippen molar-refractivity contribution in [3.8, 4) is 11.5 Å². The van der Waals surface area contributed by atoms with E-state index in [-0.39, 0.29) is 17.7 Å². The summed E-state index contributed by atoms with van der Waals surface area (Å²) in [6.45, 7) is 3.80. The number of anilines is 2. The Morgan fingerprint density at radius 1 is 1.21 bits per heavy atom. The van der Waals surface area contributed by atoms with Gasteiger partial charge >= 0.3 is 5.63 Å². The van der Waals surface area contributed by atoms with Crippen molar-refractivity contribution < 1.29 is 18.7 Å². The number of carbonyl (C=O) groups excluding carboxylic acids is 1. The van der Waals surface area contributed by atoms with E-state index in [9.17, 15) is 9.59 Å². The maximum atomic E-state index is 12.9. The highest BCUT2D eigenvalue weighted by atomic mass is 16.5. The first-order chi connectivity index (χ1) is 16.4. The second-order valence-corrected chi connectivity index (χ2v) is 9.07. The van der Waals surface area contributed by atoms with Crippen molar-refractivity contribution in [2.45, 2.75) is 38.3 Å². The number of nitrogens with zero attached hydrogens (tertiary/aromatic N) is 1. The molecule has 0 radical (unpaired) electrons. The van der Waals surface area contributed by atoms with Gasteiger partial charge in [-0.25, -0.2) is 4.79 Å². The SMILES string of the molecule is COc1cc2cc(NC(=O)C3Cc4ccccc4N3)c(=O)oc2c(C)c1OC1CCN(C)CC1. The van der Waals surface area contributed by atoms with E-state index in [1.165, 1.54) is 0 Å². The predicted molar refractivity (Wildman–Crippen MR) is 131 cm³/mol. The summed E-state index contributed by atoms with van der Waals surface area (Å²) in [5.74, 6) is 0.883. The zero-order valence-corrected chi connectivity index (χ0v) is 19.6. The highest BCUT2D eigenvalue weighted by molar-refractivity contribution is 5.99. The van der Waals surface area contributed by atoms with Crippen molar-refractivity contribution in [2.75, 3.05) is 37.9 Å². The zero-order valence-electron chi connectivity index (χ0n) is 19.6. The highest BCUT2D eigenvalue weighted by Gasteiger charge is 2.28. The number of piperidine rings is 1. The fraction of sp³-hybridized carbons (Fsp3) is 0.385. The summed E-state index contributed by atoms with van der Waals surface area (Å²) >= 11 is 0. The first-order valence-electron chi connectivity index (χ1n) is 11.6. The molecule has 1 aromatic heterocycles. The fourth-order valence-electron chi connectivity index (χ4n) is 4.71. The summed E-state index contributed by atoms with van der Waals surface area (Å²) in [7, 11) is 3.69. The number of benzene rings is 2. The molecule has 34 heavy (non-hydrogen) atoms. The number of aryl methyl sites for hydroxylation is 1. The van der Waals surface area contributed by atoms with E-state index in [2.05, 4.69) is 22.6 Å². The van der Waals surface area contributed by atoms with Crippen LogP contribution in [-0.2, 0) is 11.2 Å². The molecule has 1 amide bonds. The molecule has 1 fully saturated rings. The minimum absolute atomic E-state index is 0.0783. The summed E-state index contributed by atoms with van der Waals surface area (Å²) in [6, 6.07) is 10.8. The van der Waals surface area contributed by atoms with Crippen molar-refractivity contribution in [1.82, 2.24) is 4.90 Å². The summed E-state index contributed by atoms with van der Waals surface area (Å²) in [6.07, 6.45) is 2.48. The zero-order chi connectivity index (χ0) is 23.8. The molecule has 0 bridgehead atoms. The van der Waals surface area contributed by atoms with E-state index in [0.29, 0.717) is 34.5 Å². The van der Waals surface area contributed by atoms with Gasteiger partial charge in [-0.1, -0.05) is 18.2 Å². The van der Waals surface area contributed by atoms with E-state index < -0.39 is 11.7 Å². The Balaban J connectivity index is 1.40. The third-order valence-electron chi connectivity index (χ3n) is 6.68. The minimum atomic E-state index is -0.602. The number of nitrogens with one attached hydrogen (secondary N) is 2. The molecule has 8 nitrogen and oxygen atoms in total. The first kappa shape index (κ1) is 22.3. The molecule has 2 aliphatic heterocycles. The molecule has 178 valence electrons. The normalized spacial score (nSPS) is 18.4. The molecular weight excluding hydrogens is 434 g/mol. The Morgan fingerprint density at radius 2 is 1.97 bits per heavy atom. The molecule has 2 aromatic carbocycles. The molecule has 5 rings (SSSR count). The van der Waals surface area contributed by atoms with Crippen molar-refractivity contribution in [3.05, 3.63) is 57.9 Å². The van der Waals surface area contributed by atoms with Crippen LogP contribution in [0.4, 0.5) is 11.4 Å². The summed E-state index contributed by atoms with van der Waals surface area (Å²) < 4.78 is 17.6. The number of amides is 1. The third-order valence-corrected chi connectivity index (χ3v) is 6.68. The van der Waals surface area contributed by atoms with Crippen LogP contribution in [0.5, 0.6) is 11.5 Å². The fourth-order valence-corrected chi connectivity index (χ4v) is 4.71. The molecule has 1 atom stereocenters. The Labute approximate surface area is 197 Å². The molecule has 0 aliphatic carbocycles. The average molecular weight is 464 g/mol. The van der Waals surface area contributed by atoms with E-state index in [4.69, 9.17) is 13.9 Å². The van der Waals surface area contributed by atoms with Gasteiger partial charge in [-0.05, 0) is 50.6 Å². The van der Waals surface area contributed by atoms with Crippen LogP contribution in [0.15, 0.2) is 45.6 Å². The number of para-hydroxylation sites is 1. The van der Waals surface area contributed by atoms with Crippen LogP contribution in [-0.4, -0.2) is 50.2 Å². The molecule has 3 aromatic rings. The van der Waals surface area contributed by atoms with Gasteiger partial charge in [0.05, 0.1) is 7.11 Å². The number of hydrogen-bond donors (Lipinski definition) is 2. The second kappa shape index (κ2) is 9.02. The lowest BCUT2D eigenvalue weighted by molar-refractivity contribution is -0.116. The number of fused-ring (bicyclic) bond motifs is 2. The topological polar surface area (TPSA) is 93.0 Å². The summed E-state index contributed by atoms with van der Waals surface area (Å²) in [4.78, 5) is 27.9. The predicted octanol–water partition coefficient (Wildman–Crippen LogP) is 3.56. The maximum Gasteiger partial charge on any atom is 0.360 e. The van der Waals surface area contributed by atoms with Crippen LogP contribution >= 0.6 is 0 Å². The van der Waals surface area contributed by atoms with Crippen LogP contribution in [0, 0.1) is 6.92 Å². The van der Waals surface area contributed by atoms with Gasteiger partial charge in [0, 0.05) is 36.1 Å². The van der Waals surface area contributed by atoms with Gasteiger partial charge in [0.25, 0.3) is 0 Å². The monoisotopic (exact) mass is 463 g/mol. The molecule has 3 heterocycles. The average Bonchev–Trinajstić information content (AvgIpc) is 3.28.